The maximum atomic E-state index is 12.0. The minimum atomic E-state index is -0.113. The van der Waals surface area contributed by atoms with Crippen molar-refractivity contribution in [3.63, 3.8) is 0 Å². The van der Waals surface area contributed by atoms with Gasteiger partial charge in [0.25, 0.3) is 0 Å². The van der Waals surface area contributed by atoms with E-state index in [0.717, 1.165) is 38.5 Å². The number of carbonyl (C=O) groups is 1. The Morgan fingerprint density at radius 1 is 1.21 bits per heavy atom. The molecule has 1 aromatic rings. The number of carbonyl (C=O) groups excluding carboxylic acids is 1. The molecule has 134 valence electrons. The third-order valence-electron chi connectivity index (χ3n) is 4.48. The summed E-state index contributed by atoms with van der Waals surface area (Å²) in [5.41, 5.74) is 1.08. The summed E-state index contributed by atoms with van der Waals surface area (Å²) in [5.74, 6) is 0. The second-order valence-corrected chi connectivity index (χ2v) is 6.78. The molecule has 6 nitrogen and oxygen atoms in total. The third-order valence-corrected chi connectivity index (χ3v) is 4.48. The molecule has 0 bridgehead atoms. The zero-order valence-corrected chi connectivity index (χ0v) is 15.0. The Kier molecular flexibility index (Phi) is 6.87. The van der Waals surface area contributed by atoms with Crippen LogP contribution < -0.4 is 15.5 Å². The second kappa shape index (κ2) is 8.89. The van der Waals surface area contributed by atoms with Crippen molar-refractivity contribution in [2.24, 2.45) is 0 Å². The lowest BCUT2D eigenvalue weighted by Gasteiger charge is -2.40. The second-order valence-electron chi connectivity index (χ2n) is 6.78. The fourth-order valence-corrected chi connectivity index (χ4v) is 2.79. The molecular formula is C18H30N4O2. The number of nitrogens with zero attached hydrogens (tertiary/aromatic N) is 2. The Bertz CT molecular complexity index is 501. The van der Waals surface area contributed by atoms with Crippen LogP contribution in [0, 0.1) is 0 Å². The van der Waals surface area contributed by atoms with E-state index in [9.17, 15) is 4.79 Å². The highest BCUT2D eigenvalue weighted by Crippen LogP contribution is 2.15. The van der Waals surface area contributed by atoms with E-state index in [1.54, 1.807) is 0 Å². The van der Waals surface area contributed by atoms with Crippen LogP contribution >= 0.6 is 0 Å². The van der Waals surface area contributed by atoms with E-state index in [-0.39, 0.29) is 11.6 Å². The summed E-state index contributed by atoms with van der Waals surface area (Å²) in [7, 11) is 2.02. The van der Waals surface area contributed by atoms with Crippen LogP contribution in [0.5, 0.6) is 0 Å². The van der Waals surface area contributed by atoms with Crippen molar-refractivity contribution < 1.29 is 9.53 Å². The number of rotatable bonds is 7. The molecule has 0 atom stereocenters. The summed E-state index contributed by atoms with van der Waals surface area (Å²) in [6.45, 7) is 9.66. The van der Waals surface area contributed by atoms with Crippen LogP contribution in [-0.4, -0.2) is 69.5 Å². The van der Waals surface area contributed by atoms with Gasteiger partial charge in [-0.15, -0.1) is 0 Å². The highest BCUT2D eigenvalue weighted by molar-refractivity contribution is 5.73. The first-order valence-electron chi connectivity index (χ1n) is 8.60. The molecule has 0 saturated carbocycles. The molecule has 2 N–H and O–H groups in total. The standard InChI is InChI=1S/C18H30N4O2/c1-18(2,22-11-13-24-14-12-22)15-20-17(23)19-9-10-21(3)16-7-5-4-6-8-16/h4-8H,9-15H2,1-3H3,(H2,19,20,23). The number of nitrogens with one attached hydrogen (secondary N) is 2. The average molecular weight is 334 g/mol. The zero-order chi connectivity index (χ0) is 17.4. The molecule has 1 heterocycles. The van der Waals surface area contributed by atoms with E-state index in [1.165, 1.54) is 0 Å². The van der Waals surface area contributed by atoms with Crippen molar-refractivity contribution in [1.29, 1.82) is 0 Å². The van der Waals surface area contributed by atoms with Crippen molar-refractivity contribution in [3.8, 4) is 0 Å². The van der Waals surface area contributed by atoms with Gasteiger partial charge in [-0.3, -0.25) is 4.90 Å². The number of para-hydroxylation sites is 1. The Labute approximate surface area is 145 Å². The molecule has 0 unspecified atom stereocenters. The predicted molar refractivity (Wildman–Crippen MR) is 97.6 cm³/mol. The van der Waals surface area contributed by atoms with Crippen LogP contribution in [0.1, 0.15) is 13.8 Å². The first-order valence-corrected chi connectivity index (χ1v) is 8.60. The van der Waals surface area contributed by atoms with Gasteiger partial charge < -0.3 is 20.3 Å². The molecule has 1 fully saturated rings. The van der Waals surface area contributed by atoms with Crippen molar-refractivity contribution in [3.05, 3.63) is 30.3 Å². The van der Waals surface area contributed by atoms with E-state index >= 15 is 0 Å². The number of hydrogen-bond acceptors (Lipinski definition) is 4. The predicted octanol–water partition coefficient (Wildman–Crippen LogP) is 1.53. The molecule has 1 aliphatic heterocycles. The number of ether oxygens (including phenoxy) is 1. The van der Waals surface area contributed by atoms with Gasteiger partial charge in [0.05, 0.1) is 13.2 Å². The third kappa shape index (κ3) is 5.69. The van der Waals surface area contributed by atoms with E-state index in [1.807, 2.05) is 25.2 Å². The van der Waals surface area contributed by atoms with E-state index < -0.39 is 0 Å². The lowest BCUT2D eigenvalue weighted by Crippen LogP contribution is -2.56. The molecule has 2 rings (SSSR count). The van der Waals surface area contributed by atoms with Crippen LogP contribution in [0.4, 0.5) is 10.5 Å². The molecule has 1 aliphatic rings. The van der Waals surface area contributed by atoms with Crippen molar-refractivity contribution >= 4 is 11.7 Å². The van der Waals surface area contributed by atoms with Gasteiger partial charge in [0.1, 0.15) is 0 Å². The number of benzene rings is 1. The van der Waals surface area contributed by atoms with E-state index in [2.05, 4.69) is 46.4 Å². The molecule has 1 saturated heterocycles. The van der Waals surface area contributed by atoms with Crippen LogP contribution in [0.25, 0.3) is 0 Å². The summed E-state index contributed by atoms with van der Waals surface area (Å²) in [5, 5.41) is 5.91. The maximum Gasteiger partial charge on any atom is 0.314 e. The number of morpholine rings is 1. The van der Waals surface area contributed by atoms with Crippen LogP contribution in [-0.2, 0) is 4.74 Å². The number of hydrogen-bond donors (Lipinski definition) is 2. The van der Waals surface area contributed by atoms with E-state index in [0.29, 0.717) is 13.1 Å². The van der Waals surface area contributed by atoms with Crippen LogP contribution in [0.2, 0.25) is 0 Å². The minimum absolute atomic E-state index is 0.0675. The maximum absolute atomic E-state index is 12.0. The first kappa shape index (κ1) is 18.5. The van der Waals surface area contributed by atoms with Gasteiger partial charge >= 0.3 is 6.03 Å². The van der Waals surface area contributed by atoms with Gasteiger partial charge in [0, 0.05) is 51.0 Å². The fraction of sp³-hybridized carbons (Fsp3) is 0.611. The molecule has 0 aliphatic carbocycles. The molecule has 0 aromatic heterocycles. The number of anilines is 1. The monoisotopic (exact) mass is 334 g/mol. The quantitative estimate of drug-likeness (QED) is 0.794. The fourth-order valence-electron chi connectivity index (χ4n) is 2.79. The molecule has 0 radical (unpaired) electrons. The topological polar surface area (TPSA) is 56.8 Å². The van der Waals surface area contributed by atoms with Crippen molar-refractivity contribution in [1.82, 2.24) is 15.5 Å². The first-order chi connectivity index (χ1) is 11.5. The van der Waals surface area contributed by atoms with Crippen molar-refractivity contribution in [2.75, 3.05) is 57.9 Å². The summed E-state index contributed by atoms with van der Waals surface area (Å²) in [6.07, 6.45) is 0. The Morgan fingerprint density at radius 2 is 1.88 bits per heavy atom. The van der Waals surface area contributed by atoms with E-state index in [4.69, 9.17) is 4.74 Å². The summed E-state index contributed by atoms with van der Waals surface area (Å²) >= 11 is 0. The highest BCUT2D eigenvalue weighted by atomic mass is 16.5. The zero-order valence-electron chi connectivity index (χ0n) is 15.0. The lowest BCUT2D eigenvalue weighted by molar-refractivity contribution is -0.00874. The molecule has 2 amide bonds. The molecule has 1 aromatic carbocycles. The van der Waals surface area contributed by atoms with Gasteiger partial charge in [0.2, 0.25) is 0 Å². The van der Waals surface area contributed by atoms with Gasteiger partial charge in [0.15, 0.2) is 0 Å². The Morgan fingerprint density at radius 3 is 2.54 bits per heavy atom. The molecule has 0 spiro atoms. The molecular weight excluding hydrogens is 304 g/mol. The molecule has 6 heteroatoms. The SMILES string of the molecule is CN(CCNC(=O)NCC(C)(C)N1CCOCC1)c1ccccc1. The normalized spacial score (nSPS) is 15.8. The summed E-state index contributed by atoms with van der Waals surface area (Å²) in [4.78, 5) is 16.5. The Balaban J connectivity index is 1.66. The Hall–Kier alpha value is -1.79. The highest BCUT2D eigenvalue weighted by Gasteiger charge is 2.28. The van der Waals surface area contributed by atoms with Gasteiger partial charge in [-0.25, -0.2) is 4.79 Å². The van der Waals surface area contributed by atoms with Crippen LogP contribution in [0.3, 0.4) is 0 Å². The number of likely N-dealkylation sites (N-methyl/N-ethyl adjacent to an activating group) is 1. The smallest absolute Gasteiger partial charge is 0.314 e. The van der Waals surface area contributed by atoms with Gasteiger partial charge in [-0.05, 0) is 26.0 Å². The number of urea groups is 1. The summed E-state index contributed by atoms with van der Waals surface area (Å²) < 4.78 is 5.39. The van der Waals surface area contributed by atoms with Gasteiger partial charge in [-0.1, -0.05) is 18.2 Å². The number of amides is 2. The summed E-state index contributed by atoms with van der Waals surface area (Å²) in [6, 6.07) is 10.0. The molecule has 24 heavy (non-hydrogen) atoms. The van der Waals surface area contributed by atoms with Crippen molar-refractivity contribution in [2.45, 2.75) is 19.4 Å². The minimum Gasteiger partial charge on any atom is -0.379 e. The lowest BCUT2D eigenvalue weighted by atomic mass is 10.0. The van der Waals surface area contributed by atoms with Crippen LogP contribution in [0.15, 0.2) is 30.3 Å². The largest absolute Gasteiger partial charge is 0.379 e. The average Bonchev–Trinajstić information content (AvgIpc) is 2.61. The van der Waals surface area contributed by atoms with Gasteiger partial charge in [-0.2, -0.15) is 0 Å².